The number of aliphatic hydroxyl groups excluding tert-OH is 1. The van der Waals surface area contributed by atoms with E-state index in [0.717, 1.165) is 6.07 Å². The minimum Gasteiger partial charge on any atom is -0.482 e. The van der Waals surface area contributed by atoms with Gasteiger partial charge in [-0.3, -0.25) is 14.3 Å². The number of thiophene rings is 1. The number of nitrogens with one attached hydrogen (secondary N) is 1. The third-order valence-corrected chi connectivity index (χ3v) is 7.49. The Morgan fingerprint density at radius 2 is 1.70 bits per heavy atom. The molecule has 2 N–H and O–H groups in total. The molecule has 0 amide bonds. The Kier molecular flexibility index (Phi) is 7.98. The second kappa shape index (κ2) is 10.8. The summed E-state index contributed by atoms with van der Waals surface area (Å²) in [6.07, 6.45) is -13.8. The highest BCUT2D eigenvalue weighted by molar-refractivity contribution is 7.22. The predicted octanol–water partition coefficient (Wildman–Crippen LogP) is 6.34. The molecule has 4 aromatic rings. The van der Waals surface area contributed by atoms with Crippen molar-refractivity contribution in [2.24, 2.45) is 0 Å². The minimum atomic E-state index is -5.10. The Morgan fingerprint density at radius 1 is 1.05 bits per heavy atom. The van der Waals surface area contributed by atoms with Gasteiger partial charge in [0.1, 0.15) is 10.9 Å². The molecule has 2 aromatic carbocycles. The molecule has 214 valence electrons. The molecule has 0 fully saturated rings. The van der Waals surface area contributed by atoms with Crippen LogP contribution in [-0.2, 0) is 6.54 Å². The van der Waals surface area contributed by atoms with Crippen LogP contribution in [0, 0.1) is 6.92 Å². The number of alkyl halides is 6. The molecular formula is C25H19ClF6N2O5S. The maximum absolute atomic E-state index is 13.3. The summed E-state index contributed by atoms with van der Waals surface area (Å²) in [6.45, 7) is 1.83. The molecule has 15 heteroatoms. The molecular weight excluding hydrogens is 590 g/mol. The highest BCUT2D eigenvalue weighted by Crippen LogP contribution is 2.42. The van der Waals surface area contributed by atoms with E-state index in [2.05, 4.69) is 4.74 Å². The molecule has 4 rings (SSSR count). The van der Waals surface area contributed by atoms with Crippen molar-refractivity contribution in [3.05, 3.63) is 79.5 Å². The molecule has 0 radical (unpaired) electrons. The number of ether oxygens (including phenoxy) is 2. The second-order valence-electron chi connectivity index (χ2n) is 8.68. The average Bonchev–Trinajstić information content (AvgIpc) is 3.19. The van der Waals surface area contributed by atoms with Crippen LogP contribution in [0.15, 0.2) is 52.1 Å². The van der Waals surface area contributed by atoms with Gasteiger partial charge in [0, 0.05) is 9.90 Å². The lowest BCUT2D eigenvalue weighted by Crippen LogP contribution is -2.38. The number of rotatable bonds is 7. The number of aromatic nitrogens is 2. The zero-order valence-corrected chi connectivity index (χ0v) is 22.1. The van der Waals surface area contributed by atoms with Crippen molar-refractivity contribution >= 4 is 33.2 Å². The molecule has 0 saturated carbocycles. The number of aryl methyl sites for hydroxylation is 1. The Balaban J connectivity index is 1.81. The third kappa shape index (κ3) is 6.29. The fraction of sp³-hybridized carbons (Fsp3) is 0.280. The number of aromatic amines is 1. The van der Waals surface area contributed by atoms with E-state index >= 15 is 0 Å². The number of hydrogen-bond acceptors (Lipinski definition) is 6. The van der Waals surface area contributed by atoms with Crippen LogP contribution in [0.4, 0.5) is 26.3 Å². The van der Waals surface area contributed by atoms with Crippen molar-refractivity contribution in [1.29, 1.82) is 0 Å². The highest BCUT2D eigenvalue weighted by atomic mass is 35.5. The van der Waals surface area contributed by atoms with Gasteiger partial charge >= 0.3 is 18.2 Å². The van der Waals surface area contributed by atoms with E-state index < -0.39 is 48.3 Å². The molecule has 7 nitrogen and oxygen atoms in total. The molecule has 0 bridgehead atoms. The third-order valence-electron chi connectivity index (χ3n) is 5.87. The van der Waals surface area contributed by atoms with Gasteiger partial charge in [-0.15, -0.1) is 24.5 Å². The SMILES string of the molecule is Cc1c(-c2ccc(O[C@H](C)c3ccc(Cl)cc3)c(OC(F)(F)F)c2)sc2c1c(=O)[nH]c(=O)n2C[C@@H](O)C(F)(F)F. The van der Waals surface area contributed by atoms with E-state index in [4.69, 9.17) is 16.3 Å². The largest absolute Gasteiger partial charge is 0.573 e. The average molecular weight is 609 g/mol. The van der Waals surface area contributed by atoms with Crippen molar-refractivity contribution in [2.75, 3.05) is 0 Å². The first-order valence-corrected chi connectivity index (χ1v) is 12.6. The standard InChI is InChI=1S/C25H19ClF6N2O5S/c1-11-19-21(36)33-23(37)34(10-18(35)24(27,28)29)22(19)40-20(11)14-5-8-16(17(9-14)39-25(30,31)32)38-12(2)13-3-6-15(26)7-4-13/h3-9,12,18,35H,10H2,1-2H3,(H,33,36,37)/t12-,18-/m1/s1. The van der Waals surface area contributed by atoms with Gasteiger partial charge in [0.25, 0.3) is 5.56 Å². The Labute approximate surface area is 230 Å². The summed E-state index contributed by atoms with van der Waals surface area (Å²) in [7, 11) is 0. The molecule has 0 saturated heterocycles. The smallest absolute Gasteiger partial charge is 0.482 e. The number of nitrogens with zero attached hydrogens (tertiary/aromatic N) is 1. The predicted molar refractivity (Wildman–Crippen MR) is 136 cm³/mol. The number of halogens is 7. The van der Waals surface area contributed by atoms with Crippen LogP contribution in [0.5, 0.6) is 11.5 Å². The van der Waals surface area contributed by atoms with Crippen LogP contribution in [0.25, 0.3) is 20.7 Å². The van der Waals surface area contributed by atoms with Crippen LogP contribution in [0.3, 0.4) is 0 Å². The molecule has 2 aromatic heterocycles. The van der Waals surface area contributed by atoms with Crippen LogP contribution in [0.2, 0.25) is 5.02 Å². The van der Waals surface area contributed by atoms with E-state index in [1.165, 1.54) is 19.1 Å². The minimum absolute atomic E-state index is 0.110. The number of aliphatic hydroxyl groups is 1. The number of benzene rings is 2. The summed E-state index contributed by atoms with van der Waals surface area (Å²) in [5.74, 6) is -0.966. The van der Waals surface area contributed by atoms with Crippen LogP contribution in [0.1, 0.15) is 24.2 Å². The normalized spacial score (nSPS) is 13.8. The number of hydrogen-bond donors (Lipinski definition) is 2. The summed E-state index contributed by atoms with van der Waals surface area (Å²) >= 11 is 6.58. The van der Waals surface area contributed by atoms with Crippen LogP contribution < -0.4 is 20.7 Å². The van der Waals surface area contributed by atoms with Gasteiger partial charge in [-0.05, 0) is 60.9 Å². The van der Waals surface area contributed by atoms with E-state index in [-0.39, 0.29) is 32.0 Å². The van der Waals surface area contributed by atoms with E-state index in [1.54, 1.807) is 31.2 Å². The summed E-state index contributed by atoms with van der Waals surface area (Å²) in [5, 5.41) is 9.82. The lowest BCUT2D eigenvalue weighted by atomic mass is 10.1. The maximum atomic E-state index is 13.3. The first-order chi connectivity index (χ1) is 18.5. The fourth-order valence-corrected chi connectivity index (χ4v) is 5.37. The molecule has 2 atom stereocenters. The summed E-state index contributed by atoms with van der Waals surface area (Å²) in [6, 6.07) is 10.1. The molecule has 40 heavy (non-hydrogen) atoms. The molecule has 0 aliphatic carbocycles. The van der Waals surface area contributed by atoms with E-state index in [1.807, 2.05) is 4.98 Å². The zero-order valence-electron chi connectivity index (χ0n) is 20.5. The second-order valence-corrected chi connectivity index (χ2v) is 10.1. The highest BCUT2D eigenvalue weighted by Gasteiger charge is 2.39. The molecule has 0 unspecified atom stereocenters. The zero-order chi connectivity index (χ0) is 29.6. The van der Waals surface area contributed by atoms with E-state index in [0.29, 0.717) is 26.5 Å². The van der Waals surface area contributed by atoms with Crippen molar-refractivity contribution in [3.8, 4) is 21.9 Å². The topological polar surface area (TPSA) is 93.5 Å². The Morgan fingerprint density at radius 3 is 2.30 bits per heavy atom. The van der Waals surface area contributed by atoms with Crippen molar-refractivity contribution in [1.82, 2.24) is 9.55 Å². The van der Waals surface area contributed by atoms with Gasteiger partial charge in [-0.1, -0.05) is 23.7 Å². The van der Waals surface area contributed by atoms with Crippen LogP contribution in [-0.4, -0.2) is 33.3 Å². The van der Waals surface area contributed by atoms with Gasteiger partial charge in [0.15, 0.2) is 17.6 Å². The van der Waals surface area contributed by atoms with Gasteiger partial charge < -0.3 is 14.6 Å². The summed E-state index contributed by atoms with van der Waals surface area (Å²) in [4.78, 5) is 26.8. The Bertz CT molecular complexity index is 1660. The Hall–Kier alpha value is -3.49. The number of H-pyrrole nitrogens is 1. The first kappa shape index (κ1) is 29.5. The van der Waals surface area contributed by atoms with Crippen molar-refractivity contribution < 1.29 is 40.9 Å². The van der Waals surface area contributed by atoms with Gasteiger partial charge in [-0.25, -0.2) is 4.79 Å². The molecule has 0 aliphatic rings. The van der Waals surface area contributed by atoms with Gasteiger partial charge in [0.05, 0.1) is 11.9 Å². The monoisotopic (exact) mass is 608 g/mol. The molecule has 0 spiro atoms. The summed E-state index contributed by atoms with van der Waals surface area (Å²) in [5.41, 5.74) is -1.17. The lowest BCUT2D eigenvalue weighted by Gasteiger charge is -2.19. The van der Waals surface area contributed by atoms with Gasteiger partial charge in [-0.2, -0.15) is 13.2 Å². The first-order valence-electron chi connectivity index (χ1n) is 11.4. The summed E-state index contributed by atoms with van der Waals surface area (Å²) < 4.78 is 89.3. The maximum Gasteiger partial charge on any atom is 0.573 e. The van der Waals surface area contributed by atoms with Crippen molar-refractivity contribution in [2.45, 2.75) is 45.1 Å². The molecule has 2 heterocycles. The lowest BCUT2D eigenvalue weighted by molar-refractivity contribution is -0.275. The quantitative estimate of drug-likeness (QED) is 0.239. The number of fused-ring (bicyclic) bond motifs is 1. The molecule has 0 aliphatic heterocycles. The van der Waals surface area contributed by atoms with Crippen molar-refractivity contribution in [3.63, 3.8) is 0 Å². The fourth-order valence-electron chi connectivity index (χ4n) is 3.94. The van der Waals surface area contributed by atoms with E-state index in [9.17, 15) is 41.0 Å². The van der Waals surface area contributed by atoms with Crippen LogP contribution >= 0.6 is 22.9 Å². The van der Waals surface area contributed by atoms with Gasteiger partial charge in [0.2, 0.25) is 0 Å².